The summed E-state index contributed by atoms with van der Waals surface area (Å²) in [7, 11) is 0. The Labute approximate surface area is 463 Å². The average molecular weight is 1030 g/mol. The fourth-order valence-electron chi connectivity index (χ4n) is 10.2. The Kier molecular flexibility index (Phi) is 63.2. The molecule has 2 atom stereocenters. The first-order valence-electron chi connectivity index (χ1n) is 33.2. The summed E-state index contributed by atoms with van der Waals surface area (Å²) in [6.07, 6.45) is 94.0. The van der Waals surface area contributed by atoms with Gasteiger partial charge in [-0.25, -0.2) is 0 Å². The van der Waals surface area contributed by atoms with Gasteiger partial charge in [0.05, 0.1) is 18.8 Å². The molecule has 0 aliphatic heterocycles. The van der Waals surface area contributed by atoms with E-state index in [0.29, 0.717) is 6.42 Å². The first kappa shape index (κ1) is 71.8. The molecule has 0 saturated heterocycles. The van der Waals surface area contributed by atoms with Gasteiger partial charge >= 0.3 is 0 Å². The van der Waals surface area contributed by atoms with Crippen LogP contribution < -0.4 is 5.32 Å². The third-order valence-electron chi connectivity index (χ3n) is 15.2. The molecule has 1 amide bonds. The van der Waals surface area contributed by atoms with Crippen molar-refractivity contribution in [3.05, 3.63) is 72.9 Å². The molecule has 0 aliphatic rings. The number of carbonyl (C=O) groups is 1. The van der Waals surface area contributed by atoms with Gasteiger partial charge in [0, 0.05) is 6.42 Å². The lowest BCUT2D eigenvalue weighted by molar-refractivity contribution is -0.123. The number of carbonyl (C=O) groups excluding carboxylic acids is 1. The highest BCUT2D eigenvalue weighted by atomic mass is 16.3. The maximum atomic E-state index is 12.5. The summed E-state index contributed by atoms with van der Waals surface area (Å²) in [6.45, 7) is 4.23. The monoisotopic (exact) mass is 1030 g/mol. The molecule has 4 heteroatoms. The van der Waals surface area contributed by atoms with Crippen molar-refractivity contribution in [1.29, 1.82) is 0 Å². The molecular formula is C70H129NO3. The van der Waals surface area contributed by atoms with Crippen LogP contribution >= 0.6 is 0 Å². The van der Waals surface area contributed by atoms with Crippen molar-refractivity contribution >= 4 is 5.91 Å². The molecule has 0 radical (unpaired) electrons. The van der Waals surface area contributed by atoms with Crippen LogP contribution in [0.1, 0.15) is 348 Å². The predicted molar refractivity (Wildman–Crippen MR) is 331 cm³/mol. The Morgan fingerprint density at radius 3 is 0.892 bits per heavy atom. The maximum absolute atomic E-state index is 12.5. The van der Waals surface area contributed by atoms with Gasteiger partial charge in [0.15, 0.2) is 0 Å². The van der Waals surface area contributed by atoms with Crippen molar-refractivity contribution in [1.82, 2.24) is 5.32 Å². The highest BCUT2D eigenvalue weighted by molar-refractivity contribution is 5.76. The number of unbranched alkanes of at least 4 members (excludes halogenated alkanes) is 44. The molecular weight excluding hydrogens is 903 g/mol. The normalized spacial score (nSPS) is 13.2. The molecule has 0 rings (SSSR count). The first-order chi connectivity index (χ1) is 36.7. The van der Waals surface area contributed by atoms with Gasteiger partial charge in [-0.3, -0.25) is 4.79 Å². The fraction of sp³-hybridized carbons (Fsp3) is 0.814. The number of hydrogen-bond acceptors (Lipinski definition) is 3. The number of amides is 1. The average Bonchev–Trinajstić information content (AvgIpc) is 3.40. The van der Waals surface area contributed by atoms with Gasteiger partial charge in [0.2, 0.25) is 5.91 Å². The lowest BCUT2D eigenvalue weighted by Gasteiger charge is -2.20. The predicted octanol–water partition coefficient (Wildman–Crippen LogP) is 22.5. The summed E-state index contributed by atoms with van der Waals surface area (Å²) in [5, 5.41) is 23.3. The van der Waals surface area contributed by atoms with Crippen LogP contribution in [0.3, 0.4) is 0 Å². The largest absolute Gasteiger partial charge is 0.394 e. The molecule has 0 aromatic heterocycles. The number of aliphatic hydroxyl groups excluding tert-OH is 2. The lowest BCUT2D eigenvalue weighted by atomic mass is 10.0. The van der Waals surface area contributed by atoms with E-state index in [-0.39, 0.29) is 12.5 Å². The van der Waals surface area contributed by atoms with E-state index in [4.69, 9.17) is 0 Å². The van der Waals surface area contributed by atoms with Crippen LogP contribution in [0.15, 0.2) is 72.9 Å². The summed E-state index contributed by atoms with van der Waals surface area (Å²) < 4.78 is 0. The van der Waals surface area contributed by atoms with Gasteiger partial charge in [-0.1, -0.05) is 350 Å². The van der Waals surface area contributed by atoms with Crippen molar-refractivity contribution in [2.45, 2.75) is 360 Å². The zero-order valence-corrected chi connectivity index (χ0v) is 49.9. The second-order valence-electron chi connectivity index (χ2n) is 22.5. The summed E-state index contributed by atoms with van der Waals surface area (Å²) in [5.74, 6) is -0.0631. The fourth-order valence-corrected chi connectivity index (χ4v) is 10.2. The minimum atomic E-state index is -0.845. The molecule has 432 valence electrons. The van der Waals surface area contributed by atoms with Crippen LogP contribution in [0.5, 0.6) is 0 Å². The quantitative estimate of drug-likeness (QED) is 0.0420. The summed E-state index contributed by atoms with van der Waals surface area (Å²) in [4.78, 5) is 12.5. The molecule has 4 nitrogen and oxygen atoms in total. The zero-order chi connectivity index (χ0) is 53.4. The molecule has 0 heterocycles. The maximum Gasteiger partial charge on any atom is 0.220 e. The highest BCUT2D eigenvalue weighted by Crippen LogP contribution is 2.18. The van der Waals surface area contributed by atoms with Crippen LogP contribution in [0.25, 0.3) is 0 Å². The Morgan fingerprint density at radius 1 is 0.338 bits per heavy atom. The number of aliphatic hydroxyl groups is 2. The Bertz CT molecular complexity index is 1260. The topological polar surface area (TPSA) is 69.6 Å². The van der Waals surface area contributed by atoms with Crippen molar-refractivity contribution in [2.75, 3.05) is 6.61 Å². The number of nitrogens with one attached hydrogen (secondary N) is 1. The van der Waals surface area contributed by atoms with E-state index in [0.717, 1.165) is 57.8 Å². The van der Waals surface area contributed by atoms with Crippen LogP contribution in [-0.2, 0) is 4.79 Å². The molecule has 0 bridgehead atoms. The second-order valence-corrected chi connectivity index (χ2v) is 22.5. The number of allylic oxidation sites excluding steroid dienone is 11. The Hall–Kier alpha value is -2.17. The lowest BCUT2D eigenvalue weighted by Crippen LogP contribution is -2.45. The molecule has 0 fully saturated rings. The molecule has 3 N–H and O–H groups in total. The van der Waals surface area contributed by atoms with E-state index in [1.165, 1.54) is 270 Å². The third kappa shape index (κ3) is 60.7. The molecule has 74 heavy (non-hydrogen) atoms. The van der Waals surface area contributed by atoms with Crippen molar-refractivity contribution in [3.63, 3.8) is 0 Å². The number of hydrogen-bond donors (Lipinski definition) is 3. The first-order valence-corrected chi connectivity index (χ1v) is 33.2. The Balaban J connectivity index is 3.46. The molecule has 0 aromatic carbocycles. The second kappa shape index (κ2) is 65.1. The minimum Gasteiger partial charge on any atom is -0.394 e. The standard InChI is InChI=1S/C70H129NO3/c1-3-5-7-9-11-13-15-17-19-21-23-25-27-29-31-33-34-35-36-38-39-41-43-45-47-49-51-53-55-57-59-61-63-65-69(73)68(67-72)71-70(74)66-64-62-60-58-56-54-52-50-48-46-44-42-40-37-32-30-28-26-24-22-20-18-16-14-12-10-8-6-4-2/h6,8,12,14,18,20,24,26,30,32,63,65,68-69,72-73H,3-5,7,9-11,13,15-17,19,21-23,25,27-29,31,33-62,64,66-67H2,1-2H3,(H,71,74)/b8-6-,14-12-,20-18-,26-24-,32-30-,65-63+. The molecule has 2 unspecified atom stereocenters. The minimum absolute atomic E-state index is 0.0631. The van der Waals surface area contributed by atoms with Gasteiger partial charge in [-0.05, 0) is 64.2 Å². The van der Waals surface area contributed by atoms with Crippen LogP contribution in [0.4, 0.5) is 0 Å². The molecule has 0 saturated carbocycles. The molecule has 0 aromatic rings. The van der Waals surface area contributed by atoms with Gasteiger partial charge in [0.1, 0.15) is 0 Å². The zero-order valence-electron chi connectivity index (χ0n) is 49.9. The highest BCUT2D eigenvalue weighted by Gasteiger charge is 2.18. The molecule has 0 aliphatic carbocycles. The third-order valence-corrected chi connectivity index (χ3v) is 15.2. The van der Waals surface area contributed by atoms with Gasteiger partial charge in [-0.15, -0.1) is 0 Å². The van der Waals surface area contributed by atoms with Crippen LogP contribution in [-0.4, -0.2) is 34.9 Å². The van der Waals surface area contributed by atoms with E-state index in [1.54, 1.807) is 6.08 Å². The summed E-state index contributed by atoms with van der Waals surface area (Å²) in [5.41, 5.74) is 0. The van der Waals surface area contributed by atoms with E-state index in [2.05, 4.69) is 79.9 Å². The van der Waals surface area contributed by atoms with Gasteiger partial charge < -0.3 is 15.5 Å². The van der Waals surface area contributed by atoms with Gasteiger partial charge in [-0.2, -0.15) is 0 Å². The smallest absolute Gasteiger partial charge is 0.220 e. The van der Waals surface area contributed by atoms with E-state index < -0.39 is 12.1 Å². The SMILES string of the molecule is CC/C=C\C/C=C\C/C=C\C/C=C\C/C=C\CCCCCCCCCCCCCCCC(=O)NC(CO)C(O)/C=C/CCCCCCCCCCCCCCCCCCCCCCCCCCCCCCCCC. The summed E-state index contributed by atoms with van der Waals surface area (Å²) in [6, 6.07) is -0.628. The van der Waals surface area contributed by atoms with Crippen LogP contribution in [0, 0.1) is 0 Å². The molecule has 0 spiro atoms. The van der Waals surface area contributed by atoms with Crippen molar-refractivity contribution < 1.29 is 15.0 Å². The van der Waals surface area contributed by atoms with Crippen molar-refractivity contribution in [3.8, 4) is 0 Å². The number of rotatable bonds is 61. The van der Waals surface area contributed by atoms with E-state index in [9.17, 15) is 15.0 Å². The van der Waals surface area contributed by atoms with Gasteiger partial charge in [0.25, 0.3) is 0 Å². The summed E-state index contributed by atoms with van der Waals surface area (Å²) >= 11 is 0. The van der Waals surface area contributed by atoms with E-state index >= 15 is 0 Å². The Morgan fingerprint density at radius 2 is 0.595 bits per heavy atom. The van der Waals surface area contributed by atoms with Crippen molar-refractivity contribution in [2.24, 2.45) is 0 Å². The van der Waals surface area contributed by atoms with Crippen LogP contribution in [0.2, 0.25) is 0 Å². The van der Waals surface area contributed by atoms with E-state index in [1.807, 2.05) is 6.08 Å².